The third-order valence-corrected chi connectivity index (χ3v) is 5.55. The largest absolute Gasteiger partial charge is 0.476 e. The monoisotopic (exact) mass is 493 g/mol. The third kappa shape index (κ3) is 6.83. The molecule has 4 rings (SSSR count). The maximum atomic E-state index is 13.3. The Morgan fingerprint density at radius 1 is 0.857 bits per heavy atom. The maximum Gasteiger partial charge on any atom is 0.251 e. The number of halogens is 3. The van der Waals surface area contributed by atoms with Crippen LogP contribution in [0.4, 0.5) is 8.78 Å². The van der Waals surface area contributed by atoms with Crippen molar-refractivity contribution in [1.82, 2.24) is 15.5 Å². The molecule has 0 aliphatic rings. The van der Waals surface area contributed by atoms with E-state index in [4.69, 9.17) is 16.3 Å². The quantitative estimate of drug-likeness (QED) is 0.326. The highest BCUT2D eigenvalue weighted by Gasteiger charge is 2.09. The van der Waals surface area contributed by atoms with Crippen molar-refractivity contribution in [2.45, 2.75) is 12.8 Å². The van der Waals surface area contributed by atoms with Gasteiger partial charge in [-0.25, -0.2) is 8.78 Å². The average Bonchev–Trinajstić information content (AvgIpc) is 2.88. The first-order valence-corrected chi connectivity index (χ1v) is 11.4. The van der Waals surface area contributed by atoms with Crippen molar-refractivity contribution in [3.8, 4) is 17.1 Å². The summed E-state index contributed by atoms with van der Waals surface area (Å²) in [5.74, 6) is -1.66. The Hall–Kier alpha value is -3.84. The fourth-order valence-electron chi connectivity index (χ4n) is 3.41. The Bertz CT molecular complexity index is 1300. The van der Waals surface area contributed by atoms with Gasteiger partial charge in [-0.05, 0) is 60.0 Å². The molecule has 0 radical (unpaired) electrons. The van der Waals surface area contributed by atoms with Gasteiger partial charge in [-0.15, -0.1) is 10.2 Å². The summed E-state index contributed by atoms with van der Waals surface area (Å²) in [5.41, 5.74) is 3.51. The number of rotatable bonds is 9. The van der Waals surface area contributed by atoms with Crippen molar-refractivity contribution in [3.63, 3.8) is 0 Å². The molecule has 0 unspecified atom stereocenters. The zero-order valence-electron chi connectivity index (χ0n) is 18.7. The summed E-state index contributed by atoms with van der Waals surface area (Å²) in [7, 11) is 0. The van der Waals surface area contributed by atoms with E-state index in [0.29, 0.717) is 47.2 Å². The molecule has 0 aliphatic heterocycles. The van der Waals surface area contributed by atoms with Crippen LogP contribution in [-0.2, 0) is 12.8 Å². The first-order valence-electron chi connectivity index (χ1n) is 11.0. The second-order valence-corrected chi connectivity index (χ2v) is 8.25. The van der Waals surface area contributed by atoms with Crippen LogP contribution < -0.4 is 10.1 Å². The van der Waals surface area contributed by atoms with Crippen LogP contribution in [0.15, 0.2) is 78.9 Å². The van der Waals surface area contributed by atoms with Gasteiger partial charge in [-0.3, -0.25) is 4.79 Å². The van der Waals surface area contributed by atoms with Crippen molar-refractivity contribution in [2.75, 3.05) is 13.2 Å². The van der Waals surface area contributed by atoms with Crippen LogP contribution in [0.1, 0.15) is 21.5 Å². The lowest BCUT2D eigenvalue weighted by atomic mass is 10.1. The van der Waals surface area contributed by atoms with Gasteiger partial charge in [0.2, 0.25) is 5.88 Å². The molecule has 1 heterocycles. The molecule has 0 aliphatic carbocycles. The van der Waals surface area contributed by atoms with E-state index in [-0.39, 0.29) is 12.5 Å². The molecule has 8 heteroatoms. The number of aromatic nitrogens is 2. The molecule has 1 N–H and O–H groups in total. The van der Waals surface area contributed by atoms with Crippen LogP contribution in [-0.4, -0.2) is 29.3 Å². The number of nitrogens with one attached hydrogen (secondary N) is 1. The highest BCUT2D eigenvalue weighted by Crippen LogP contribution is 2.20. The Morgan fingerprint density at radius 2 is 1.66 bits per heavy atom. The van der Waals surface area contributed by atoms with Gasteiger partial charge in [-0.2, -0.15) is 0 Å². The van der Waals surface area contributed by atoms with Gasteiger partial charge < -0.3 is 10.1 Å². The molecule has 178 valence electrons. The lowest BCUT2D eigenvalue weighted by Crippen LogP contribution is -2.25. The summed E-state index contributed by atoms with van der Waals surface area (Å²) < 4.78 is 32.0. The van der Waals surface area contributed by atoms with E-state index in [1.54, 1.807) is 30.3 Å². The Labute approximate surface area is 206 Å². The molecule has 1 aromatic heterocycles. The minimum absolute atomic E-state index is 0.274. The Morgan fingerprint density at radius 3 is 2.40 bits per heavy atom. The molecule has 5 nitrogen and oxygen atoms in total. The van der Waals surface area contributed by atoms with Crippen LogP contribution in [0.3, 0.4) is 0 Å². The molecule has 0 saturated carbocycles. The fourth-order valence-corrected chi connectivity index (χ4v) is 3.54. The SMILES string of the molecule is O=C(NCCc1ccc(F)c(F)c1)c1cccc(-c2ccc(OCCc3ccc(Cl)cc3)nn2)c1. The van der Waals surface area contributed by atoms with E-state index in [1.807, 2.05) is 30.3 Å². The van der Waals surface area contributed by atoms with Gasteiger partial charge in [0.15, 0.2) is 11.6 Å². The van der Waals surface area contributed by atoms with Crippen LogP contribution >= 0.6 is 11.6 Å². The summed E-state index contributed by atoms with van der Waals surface area (Å²) in [4.78, 5) is 12.5. The Balaban J connectivity index is 1.30. The molecule has 0 spiro atoms. The minimum Gasteiger partial charge on any atom is -0.476 e. The summed E-state index contributed by atoms with van der Waals surface area (Å²) in [6.45, 7) is 0.742. The van der Waals surface area contributed by atoms with Gasteiger partial charge in [-0.1, -0.05) is 41.9 Å². The number of hydrogen-bond acceptors (Lipinski definition) is 4. The van der Waals surface area contributed by atoms with Crippen molar-refractivity contribution in [3.05, 3.63) is 112 Å². The van der Waals surface area contributed by atoms with Gasteiger partial charge in [0.1, 0.15) is 0 Å². The molecule has 0 atom stereocenters. The molecular weight excluding hydrogens is 472 g/mol. The second kappa shape index (κ2) is 11.5. The molecule has 35 heavy (non-hydrogen) atoms. The van der Waals surface area contributed by atoms with E-state index in [1.165, 1.54) is 6.07 Å². The second-order valence-electron chi connectivity index (χ2n) is 7.82. The van der Waals surface area contributed by atoms with Crippen molar-refractivity contribution in [1.29, 1.82) is 0 Å². The fraction of sp³-hybridized carbons (Fsp3) is 0.148. The van der Waals surface area contributed by atoms with Gasteiger partial charge >= 0.3 is 0 Å². The molecule has 3 aromatic carbocycles. The number of amides is 1. The van der Waals surface area contributed by atoms with Crippen LogP contribution in [0, 0.1) is 11.6 Å². The first kappa shape index (κ1) is 24.3. The highest BCUT2D eigenvalue weighted by molar-refractivity contribution is 6.30. The topological polar surface area (TPSA) is 64.1 Å². The van der Waals surface area contributed by atoms with E-state index in [0.717, 1.165) is 23.3 Å². The molecule has 0 fully saturated rings. The summed E-state index contributed by atoms with van der Waals surface area (Å²) in [6, 6.07) is 21.8. The van der Waals surface area contributed by atoms with Crippen LogP contribution in [0.5, 0.6) is 5.88 Å². The molecule has 0 saturated heterocycles. The highest BCUT2D eigenvalue weighted by atomic mass is 35.5. The molecule has 0 bridgehead atoms. The third-order valence-electron chi connectivity index (χ3n) is 5.30. The smallest absolute Gasteiger partial charge is 0.251 e. The summed E-state index contributed by atoms with van der Waals surface area (Å²) in [6.07, 6.45) is 1.10. The number of nitrogens with zero attached hydrogens (tertiary/aromatic N) is 2. The van der Waals surface area contributed by atoms with Crippen LogP contribution in [0.25, 0.3) is 11.3 Å². The molecular formula is C27H22ClF2N3O2. The number of carbonyl (C=O) groups excluding carboxylic acids is 1. The normalized spacial score (nSPS) is 10.7. The first-order chi connectivity index (χ1) is 17.0. The average molecular weight is 494 g/mol. The number of hydrogen-bond donors (Lipinski definition) is 1. The lowest BCUT2D eigenvalue weighted by molar-refractivity contribution is 0.0954. The lowest BCUT2D eigenvalue weighted by Gasteiger charge is -2.08. The minimum atomic E-state index is -0.902. The number of carbonyl (C=O) groups is 1. The van der Waals surface area contributed by atoms with Crippen molar-refractivity contribution < 1.29 is 18.3 Å². The predicted octanol–water partition coefficient (Wildman–Crippen LogP) is 5.67. The van der Waals surface area contributed by atoms with Crippen molar-refractivity contribution in [2.24, 2.45) is 0 Å². The summed E-state index contributed by atoms with van der Waals surface area (Å²) >= 11 is 5.89. The van der Waals surface area contributed by atoms with E-state index in [9.17, 15) is 13.6 Å². The van der Waals surface area contributed by atoms with E-state index in [2.05, 4.69) is 15.5 Å². The molecule has 1 amide bonds. The zero-order chi connectivity index (χ0) is 24.6. The summed E-state index contributed by atoms with van der Waals surface area (Å²) in [5, 5.41) is 11.8. The number of ether oxygens (including phenoxy) is 1. The van der Waals surface area contributed by atoms with E-state index < -0.39 is 11.6 Å². The van der Waals surface area contributed by atoms with Gasteiger partial charge in [0, 0.05) is 35.2 Å². The van der Waals surface area contributed by atoms with Crippen LogP contribution in [0.2, 0.25) is 5.02 Å². The Kier molecular flexibility index (Phi) is 8.00. The van der Waals surface area contributed by atoms with Gasteiger partial charge in [0.25, 0.3) is 5.91 Å². The van der Waals surface area contributed by atoms with E-state index >= 15 is 0 Å². The zero-order valence-corrected chi connectivity index (χ0v) is 19.4. The predicted molar refractivity (Wildman–Crippen MR) is 131 cm³/mol. The number of benzene rings is 3. The van der Waals surface area contributed by atoms with Gasteiger partial charge in [0.05, 0.1) is 12.3 Å². The maximum absolute atomic E-state index is 13.3. The molecule has 4 aromatic rings. The standard InChI is InChI=1S/C27H22ClF2N3O2/c28-22-7-4-18(5-8-22)13-15-35-26-11-10-25(32-33-26)20-2-1-3-21(17-20)27(34)31-14-12-19-6-9-23(29)24(30)16-19/h1-11,16-17H,12-15H2,(H,31,34). The van der Waals surface area contributed by atoms with Crippen molar-refractivity contribution >= 4 is 17.5 Å².